The van der Waals surface area contributed by atoms with Gasteiger partial charge in [0.1, 0.15) is 18.1 Å². The van der Waals surface area contributed by atoms with Gasteiger partial charge in [-0.1, -0.05) is 23.7 Å². The van der Waals surface area contributed by atoms with Gasteiger partial charge in [-0.15, -0.1) is 0 Å². The number of β-amino-alcohol motifs (C(OH)–C–C–N with tert-alkyl or cyclic N) is 1. The van der Waals surface area contributed by atoms with Gasteiger partial charge in [0, 0.05) is 56.2 Å². The van der Waals surface area contributed by atoms with Crippen LogP contribution in [0.15, 0.2) is 53.5 Å². The third-order valence-electron chi connectivity index (χ3n) is 7.06. The summed E-state index contributed by atoms with van der Waals surface area (Å²) in [7, 11) is 0. The molecule has 2 aromatic carbocycles. The summed E-state index contributed by atoms with van der Waals surface area (Å²) in [6.07, 6.45) is -0.214. The van der Waals surface area contributed by atoms with E-state index in [1.165, 1.54) is 0 Å². The Morgan fingerprint density at radius 1 is 1.15 bits per heavy atom. The Labute approximate surface area is 230 Å². The van der Waals surface area contributed by atoms with Gasteiger partial charge < -0.3 is 30.4 Å². The number of anilines is 2. The number of H-pyrrole nitrogens is 2. The fourth-order valence-electron chi connectivity index (χ4n) is 5.01. The van der Waals surface area contributed by atoms with Gasteiger partial charge in [-0.3, -0.25) is 9.69 Å². The van der Waals surface area contributed by atoms with E-state index in [1.54, 1.807) is 36.5 Å². The van der Waals surface area contributed by atoms with Crippen LogP contribution in [0.25, 0.3) is 22.4 Å². The Morgan fingerprint density at radius 3 is 2.69 bits per heavy atom. The van der Waals surface area contributed by atoms with Gasteiger partial charge in [-0.2, -0.15) is 0 Å². The lowest BCUT2D eigenvalue weighted by Crippen LogP contribution is -2.48. The highest BCUT2D eigenvalue weighted by Crippen LogP contribution is 2.30. The molecule has 2 aromatic heterocycles. The first-order valence-electron chi connectivity index (χ1n) is 12.9. The number of aryl methyl sites for hydroxylation is 1. The fourth-order valence-corrected chi connectivity index (χ4v) is 5.21. The van der Waals surface area contributed by atoms with Crippen molar-refractivity contribution in [2.24, 2.45) is 0 Å². The van der Waals surface area contributed by atoms with E-state index in [9.17, 15) is 19.4 Å². The Balaban J connectivity index is 1.37. The Morgan fingerprint density at radius 2 is 1.95 bits per heavy atom. The zero-order valence-corrected chi connectivity index (χ0v) is 22.4. The van der Waals surface area contributed by atoms with Gasteiger partial charge in [-0.05, 0) is 48.4 Å². The number of aromatic amines is 2. The first-order chi connectivity index (χ1) is 18.8. The number of imidazole rings is 1. The minimum Gasteiger partial charge on any atom is -0.389 e. The number of hydrogen-bond donors (Lipinski definition) is 5. The average molecular weight is 555 g/mol. The zero-order chi connectivity index (χ0) is 27.5. The van der Waals surface area contributed by atoms with E-state index < -0.39 is 18.9 Å². The summed E-state index contributed by atoms with van der Waals surface area (Å²) in [6.45, 7) is 4.75. The monoisotopic (exact) mass is 554 g/mol. The molecule has 0 amide bonds. The summed E-state index contributed by atoms with van der Waals surface area (Å²) in [5.74, 6) is 0.428. The Bertz CT molecular complexity index is 1500. The van der Waals surface area contributed by atoms with Crippen LogP contribution < -0.4 is 15.8 Å². The van der Waals surface area contributed by atoms with E-state index in [-0.39, 0.29) is 12.1 Å². The molecule has 0 saturated carbocycles. The standard InChI is InChI=1S/C28H32ClFN6O3/c1-17-11-20(36-9-7-35(8-10-36)16-21(37)14-30)13-23-26(17)34-27(33-23)25-22(5-6-31-28(25)39)32-15-24(38)18-3-2-4-19(29)12-18/h2-6,11-13,21,24,37-38H,7-10,14-16H2,1H3,(H,33,34)(H2,31,32,39)/t21?,24-/m0/s1. The molecule has 9 nitrogen and oxygen atoms in total. The molecule has 39 heavy (non-hydrogen) atoms. The molecule has 0 bridgehead atoms. The van der Waals surface area contributed by atoms with E-state index in [0.29, 0.717) is 34.2 Å². The molecule has 0 aliphatic carbocycles. The molecule has 1 aliphatic rings. The number of aromatic nitrogens is 3. The summed E-state index contributed by atoms with van der Waals surface area (Å²) in [6, 6.07) is 12.9. The molecular weight excluding hydrogens is 523 g/mol. The van der Waals surface area contributed by atoms with Crippen molar-refractivity contribution in [2.75, 3.05) is 56.2 Å². The SMILES string of the molecule is Cc1cc(N2CCN(CC(O)CF)CC2)cc2[nH]c(-c3c(NC[C@H](O)c4cccc(Cl)c4)cc[nH]c3=O)nc12. The number of nitrogens with zero attached hydrogens (tertiary/aromatic N) is 3. The van der Waals surface area contributed by atoms with Crippen molar-refractivity contribution in [2.45, 2.75) is 19.1 Å². The lowest BCUT2D eigenvalue weighted by atomic mass is 10.1. The second-order valence-electron chi connectivity index (χ2n) is 9.89. The van der Waals surface area contributed by atoms with E-state index in [2.05, 4.69) is 31.2 Å². The maximum atomic E-state index is 12.9. The van der Waals surface area contributed by atoms with Crippen molar-refractivity contribution < 1.29 is 14.6 Å². The largest absolute Gasteiger partial charge is 0.389 e. The number of benzene rings is 2. The van der Waals surface area contributed by atoms with Crippen molar-refractivity contribution >= 4 is 34.0 Å². The van der Waals surface area contributed by atoms with Gasteiger partial charge in [-0.25, -0.2) is 9.37 Å². The molecule has 1 saturated heterocycles. The second-order valence-corrected chi connectivity index (χ2v) is 10.3. The lowest BCUT2D eigenvalue weighted by Gasteiger charge is -2.36. The summed E-state index contributed by atoms with van der Waals surface area (Å²) >= 11 is 6.06. The molecule has 0 radical (unpaired) electrons. The first kappa shape index (κ1) is 27.1. The third-order valence-corrected chi connectivity index (χ3v) is 7.30. The number of fused-ring (bicyclic) bond motifs is 1. The molecular formula is C28H32ClFN6O3. The Hall–Kier alpha value is -3.44. The number of aliphatic hydroxyl groups excluding tert-OH is 2. The summed E-state index contributed by atoms with van der Waals surface area (Å²) < 4.78 is 12.7. The minimum atomic E-state index is -0.945. The number of pyridine rings is 1. The highest BCUT2D eigenvalue weighted by Gasteiger charge is 2.22. The molecule has 11 heteroatoms. The average Bonchev–Trinajstić information content (AvgIpc) is 3.36. The zero-order valence-electron chi connectivity index (χ0n) is 21.6. The molecule has 5 rings (SSSR count). The summed E-state index contributed by atoms with van der Waals surface area (Å²) in [4.78, 5) is 28.0. The van der Waals surface area contributed by atoms with E-state index in [4.69, 9.17) is 16.6 Å². The van der Waals surface area contributed by atoms with Crippen molar-refractivity contribution in [3.8, 4) is 11.4 Å². The predicted molar refractivity (Wildman–Crippen MR) is 152 cm³/mol. The molecule has 5 N–H and O–H groups in total. The van der Waals surface area contributed by atoms with Crippen LogP contribution in [-0.4, -0.2) is 82.1 Å². The van der Waals surface area contributed by atoms with Crippen molar-refractivity contribution in [3.63, 3.8) is 0 Å². The molecule has 2 atom stereocenters. The fraction of sp³-hybridized carbons (Fsp3) is 0.357. The topological polar surface area (TPSA) is 121 Å². The van der Waals surface area contributed by atoms with Crippen LogP contribution >= 0.6 is 11.6 Å². The van der Waals surface area contributed by atoms with Crippen molar-refractivity contribution in [1.82, 2.24) is 19.9 Å². The van der Waals surface area contributed by atoms with E-state index in [0.717, 1.165) is 48.5 Å². The normalized spacial score (nSPS) is 16.0. The predicted octanol–water partition coefficient (Wildman–Crippen LogP) is 3.48. The number of piperazine rings is 1. The maximum Gasteiger partial charge on any atom is 0.261 e. The van der Waals surface area contributed by atoms with Crippen LogP contribution in [0.3, 0.4) is 0 Å². The number of hydrogen-bond acceptors (Lipinski definition) is 7. The molecule has 1 fully saturated rings. The molecule has 1 aliphatic heterocycles. The number of alkyl halides is 1. The van der Waals surface area contributed by atoms with E-state index in [1.807, 2.05) is 13.0 Å². The van der Waals surface area contributed by atoms with Gasteiger partial charge >= 0.3 is 0 Å². The van der Waals surface area contributed by atoms with Crippen LogP contribution in [0.1, 0.15) is 17.2 Å². The van der Waals surface area contributed by atoms with Gasteiger partial charge in [0.25, 0.3) is 5.56 Å². The number of rotatable bonds is 9. The van der Waals surface area contributed by atoms with Gasteiger partial charge in [0.2, 0.25) is 0 Å². The van der Waals surface area contributed by atoms with E-state index >= 15 is 0 Å². The van der Waals surface area contributed by atoms with Crippen LogP contribution in [0.2, 0.25) is 5.02 Å². The Kier molecular flexibility index (Phi) is 8.18. The summed E-state index contributed by atoms with van der Waals surface area (Å²) in [5.41, 5.74) is 4.85. The quantitative estimate of drug-likeness (QED) is 0.215. The molecule has 4 aromatic rings. The molecule has 1 unspecified atom stereocenters. The van der Waals surface area contributed by atoms with Crippen LogP contribution in [-0.2, 0) is 0 Å². The second kappa shape index (κ2) is 11.7. The first-order valence-corrected chi connectivity index (χ1v) is 13.3. The highest BCUT2D eigenvalue weighted by molar-refractivity contribution is 6.30. The summed E-state index contributed by atoms with van der Waals surface area (Å²) in [5, 5.41) is 24.0. The van der Waals surface area contributed by atoms with Crippen LogP contribution in [0.5, 0.6) is 0 Å². The number of halogens is 2. The number of aliphatic hydroxyl groups is 2. The highest BCUT2D eigenvalue weighted by atomic mass is 35.5. The maximum absolute atomic E-state index is 12.9. The van der Waals surface area contributed by atoms with Crippen molar-refractivity contribution in [1.29, 1.82) is 0 Å². The van der Waals surface area contributed by atoms with Crippen molar-refractivity contribution in [3.05, 3.63) is 75.2 Å². The molecule has 206 valence electrons. The third kappa shape index (κ3) is 6.09. The molecule has 0 spiro atoms. The lowest BCUT2D eigenvalue weighted by molar-refractivity contribution is 0.0871. The van der Waals surface area contributed by atoms with Crippen LogP contribution in [0.4, 0.5) is 15.8 Å². The van der Waals surface area contributed by atoms with Gasteiger partial charge in [0.05, 0.1) is 28.9 Å². The number of nitrogens with one attached hydrogen (secondary N) is 3. The van der Waals surface area contributed by atoms with Crippen LogP contribution in [0, 0.1) is 6.92 Å². The molecule has 3 heterocycles. The smallest absolute Gasteiger partial charge is 0.261 e. The minimum absolute atomic E-state index is 0.175. The van der Waals surface area contributed by atoms with Gasteiger partial charge in [0.15, 0.2) is 0 Å².